The minimum atomic E-state index is -0.952. The van der Waals surface area contributed by atoms with Crippen molar-refractivity contribution in [2.24, 2.45) is 0 Å². The fraction of sp³-hybridized carbons (Fsp3) is 0.891. The van der Waals surface area contributed by atoms with Crippen molar-refractivity contribution in [1.29, 1.82) is 0 Å². The normalized spacial score (nSPS) is 13.4. The minimum Gasteiger partial charge on any atom is -0.394 e. The van der Waals surface area contributed by atoms with Crippen molar-refractivity contribution in [3.05, 3.63) is 36.5 Å². The molecule has 0 aromatic heterocycles. The Morgan fingerprint density at radius 1 is 0.362 bits per heavy atom. The van der Waals surface area contributed by atoms with Gasteiger partial charge in [0, 0.05) is 0 Å². The lowest BCUT2D eigenvalue weighted by atomic mass is 10.0. The summed E-state index contributed by atoms with van der Waals surface area (Å²) in [6.45, 7) is 4.23. The predicted molar refractivity (Wildman–Crippen MR) is 305 cm³/mol. The number of rotatable bonds is 58. The van der Waals surface area contributed by atoms with Crippen molar-refractivity contribution >= 4 is 5.91 Å². The second kappa shape index (κ2) is 59.1. The number of aliphatic hydroxyl groups excluding tert-OH is 3. The highest BCUT2D eigenvalue weighted by atomic mass is 16.3. The van der Waals surface area contributed by atoms with Gasteiger partial charge in [0.25, 0.3) is 0 Å². The van der Waals surface area contributed by atoms with Crippen LogP contribution in [-0.4, -0.2) is 46.1 Å². The van der Waals surface area contributed by atoms with Crippen LogP contribution < -0.4 is 5.32 Å². The molecule has 5 nitrogen and oxygen atoms in total. The molecule has 1 amide bonds. The van der Waals surface area contributed by atoms with Crippen LogP contribution in [0.25, 0.3) is 0 Å². The molecule has 0 aliphatic heterocycles. The monoisotopic (exact) mass is 970 g/mol. The van der Waals surface area contributed by atoms with Gasteiger partial charge in [0.05, 0.1) is 31.3 Å². The zero-order valence-corrected chi connectivity index (χ0v) is 46.7. The van der Waals surface area contributed by atoms with Crippen LogP contribution in [0.2, 0.25) is 0 Å². The average molecular weight is 971 g/mol. The van der Waals surface area contributed by atoms with Crippen LogP contribution in [0.4, 0.5) is 0 Å². The zero-order valence-electron chi connectivity index (χ0n) is 46.7. The molecule has 5 heteroatoms. The van der Waals surface area contributed by atoms with Crippen molar-refractivity contribution in [2.45, 2.75) is 360 Å². The van der Waals surface area contributed by atoms with Crippen LogP contribution >= 0.6 is 0 Å². The quantitative estimate of drug-likeness (QED) is 0.0361. The van der Waals surface area contributed by atoms with E-state index in [1.54, 1.807) is 6.08 Å². The first-order chi connectivity index (χ1) is 34.0. The van der Waals surface area contributed by atoms with E-state index in [0.717, 1.165) is 32.1 Å². The van der Waals surface area contributed by atoms with E-state index >= 15 is 0 Å². The first-order valence-corrected chi connectivity index (χ1v) is 31.3. The van der Waals surface area contributed by atoms with E-state index in [-0.39, 0.29) is 18.9 Å². The molecule has 4 N–H and O–H groups in total. The second-order valence-electron chi connectivity index (χ2n) is 21.7. The van der Waals surface area contributed by atoms with Gasteiger partial charge in [0.1, 0.15) is 0 Å². The van der Waals surface area contributed by atoms with E-state index in [1.807, 2.05) is 6.08 Å². The van der Waals surface area contributed by atoms with Crippen LogP contribution in [0.5, 0.6) is 0 Å². The molecule has 3 unspecified atom stereocenters. The average Bonchev–Trinajstić information content (AvgIpc) is 3.35. The SMILES string of the molecule is CCCCCCCCCCCCC/C=C/CC/C=C/C(O)C(CO)NC(=O)CC(O)CCCCCCCCCCCCCCCCC/C=C\CCCCCCCCCCCCCCCCCCCC. The van der Waals surface area contributed by atoms with Crippen LogP contribution in [0.1, 0.15) is 341 Å². The Balaban J connectivity index is 3.49. The van der Waals surface area contributed by atoms with Crippen molar-refractivity contribution in [3.8, 4) is 0 Å². The Bertz CT molecular complexity index is 1070. The third-order valence-electron chi connectivity index (χ3n) is 14.6. The summed E-state index contributed by atoms with van der Waals surface area (Å²) in [6.07, 6.45) is 78.1. The van der Waals surface area contributed by atoms with Crippen LogP contribution in [0, 0.1) is 0 Å². The fourth-order valence-electron chi connectivity index (χ4n) is 9.88. The Morgan fingerprint density at radius 2 is 0.623 bits per heavy atom. The first-order valence-electron chi connectivity index (χ1n) is 31.3. The molecule has 408 valence electrons. The van der Waals surface area contributed by atoms with E-state index in [0.29, 0.717) is 6.42 Å². The Kier molecular flexibility index (Phi) is 57.9. The molecule has 0 bridgehead atoms. The van der Waals surface area contributed by atoms with Gasteiger partial charge < -0.3 is 20.6 Å². The van der Waals surface area contributed by atoms with E-state index in [1.165, 1.54) is 283 Å². The Labute approximate surface area is 432 Å². The maximum atomic E-state index is 12.5. The topological polar surface area (TPSA) is 89.8 Å². The van der Waals surface area contributed by atoms with Crippen molar-refractivity contribution in [2.75, 3.05) is 6.61 Å². The highest BCUT2D eigenvalue weighted by molar-refractivity contribution is 5.76. The third-order valence-corrected chi connectivity index (χ3v) is 14.6. The summed E-state index contributed by atoms with van der Waals surface area (Å²) >= 11 is 0. The van der Waals surface area contributed by atoms with Crippen molar-refractivity contribution < 1.29 is 20.1 Å². The summed E-state index contributed by atoms with van der Waals surface area (Å²) in [6, 6.07) is -0.761. The molecule has 0 radical (unpaired) electrons. The van der Waals surface area contributed by atoms with Gasteiger partial charge in [-0.25, -0.2) is 0 Å². The van der Waals surface area contributed by atoms with Gasteiger partial charge >= 0.3 is 0 Å². The van der Waals surface area contributed by atoms with E-state index < -0.39 is 18.2 Å². The maximum Gasteiger partial charge on any atom is 0.222 e. The van der Waals surface area contributed by atoms with Crippen molar-refractivity contribution in [3.63, 3.8) is 0 Å². The molecule has 0 saturated heterocycles. The van der Waals surface area contributed by atoms with Crippen LogP contribution in [0.15, 0.2) is 36.5 Å². The Morgan fingerprint density at radius 3 is 0.928 bits per heavy atom. The summed E-state index contributed by atoms with van der Waals surface area (Å²) in [5, 5.41) is 33.4. The van der Waals surface area contributed by atoms with Gasteiger partial charge in [0.2, 0.25) is 5.91 Å². The lowest BCUT2D eigenvalue weighted by Gasteiger charge is -2.21. The molecule has 0 aliphatic carbocycles. The molecule has 0 rings (SSSR count). The largest absolute Gasteiger partial charge is 0.394 e. The number of nitrogens with one attached hydrogen (secondary N) is 1. The highest BCUT2D eigenvalue weighted by Gasteiger charge is 2.20. The Hall–Kier alpha value is -1.43. The lowest BCUT2D eigenvalue weighted by molar-refractivity contribution is -0.124. The number of hydrogen-bond acceptors (Lipinski definition) is 4. The van der Waals surface area contributed by atoms with Gasteiger partial charge in [-0.05, 0) is 57.8 Å². The molecular formula is C64H123NO4. The van der Waals surface area contributed by atoms with Gasteiger partial charge in [-0.2, -0.15) is 0 Å². The number of aliphatic hydroxyl groups is 3. The number of allylic oxidation sites excluding steroid dienone is 5. The van der Waals surface area contributed by atoms with Crippen LogP contribution in [0.3, 0.4) is 0 Å². The summed E-state index contributed by atoms with van der Waals surface area (Å²) in [5.41, 5.74) is 0. The maximum absolute atomic E-state index is 12.5. The first kappa shape index (κ1) is 67.6. The summed E-state index contributed by atoms with van der Waals surface area (Å²) < 4.78 is 0. The van der Waals surface area contributed by atoms with Gasteiger partial charge in [-0.3, -0.25) is 4.79 Å². The molecule has 0 fully saturated rings. The lowest BCUT2D eigenvalue weighted by Crippen LogP contribution is -2.45. The molecule has 0 saturated carbocycles. The molecule has 0 spiro atoms. The minimum absolute atomic E-state index is 0.00809. The number of amides is 1. The predicted octanol–water partition coefficient (Wildman–Crippen LogP) is 19.8. The number of carbonyl (C=O) groups excluding carboxylic acids is 1. The van der Waals surface area contributed by atoms with Gasteiger partial charge in [-0.15, -0.1) is 0 Å². The fourth-order valence-corrected chi connectivity index (χ4v) is 9.88. The zero-order chi connectivity index (χ0) is 50.0. The molecule has 0 aliphatic rings. The smallest absolute Gasteiger partial charge is 0.222 e. The molecule has 69 heavy (non-hydrogen) atoms. The molecule has 0 aromatic carbocycles. The van der Waals surface area contributed by atoms with Gasteiger partial charge in [0.15, 0.2) is 0 Å². The standard InChI is InChI=1S/C64H123NO4/c1-3-5-7-9-11-13-15-17-19-21-22-23-24-25-26-27-28-29-30-31-32-33-34-35-36-37-38-39-40-42-43-45-47-49-51-53-55-57-61(67)59-64(69)65-62(60-66)63(68)58-56-54-52-50-48-46-44-41-20-18-16-14-12-10-8-6-4-2/h31-32,48,50,56,58,61-63,66-68H,3-30,33-47,49,51-55,57,59-60H2,1-2H3,(H,65,69)/b32-31-,50-48+,58-56+. The number of carbonyl (C=O) groups is 1. The summed E-state index contributed by atoms with van der Waals surface area (Å²) in [7, 11) is 0. The van der Waals surface area contributed by atoms with Gasteiger partial charge in [-0.1, -0.05) is 314 Å². The summed E-state index contributed by atoms with van der Waals surface area (Å²) in [5.74, 6) is -0.321. The number of hydrogen-bond donors (Lipinski definition) is 4. The van der Waals surface area contributed by atoms with E-state index in [9.17, 15) is 20.1 Å². The van der Waals surface area contributed by atoms with Crippen molar-refractivity contribution in [1.82, 2.24) is 5.32 Å². The summed E-state index contributed by atoms with van der Waals surface area (Å²) in [4.78, 5) is 12.5. The van der Waals surface area contributed by atoms with E-state index in [2.05, 4.69) is 43.5 Å². The highest BCUT2D eigenvalue weighted by Crippen LogP contribution is 2.18. The van der Waals surface area contributed by atoms with E-state index in [4.69, 9.17) is 0 Å². The number of unbranched alkanes of at least 4 members (excludes halogenated alkanes) is 45. The molecule has 0 aromatic rings. The molecule has 0 heterocycles. The second-order valence-corrected chi connectivity index (χ2v) is 21.7. The van der Waals surface area contributed by atoms with Crippen LogP contribution in [-0.2, 0) is 4.79 Å². The molecule has 3 atom stereocenters. The third kappa shape index (κ3) is 55.7. The molecular weight excluding hydrogens is 847 g/mol.